The highest BCUT2D eigenvalue weighted by molar-refractivity contribution is 7.63. The number of phenolic OH excluding ortho intramolecular Hbond substituents is 1. The Morgan fingerprint density at radius 3 is 2.19 bits per heavy atom. The van der Waals surface area contributed by atoms with E-state index in [4.69, 9.17) is 27.8 Å². The second kappa shape index (κ2) is 23.7. The van der Waals surface area contributed by atoms with Gasteiger partial charge in [0.25, 0.3) is 8.53 Å². The molecule has 2 amide bonds. The van der Waals surface area contributed by atoms with E-state index in [1.54, 1.807) is 5.32 Å². The number of carbonyl (C=O) groups is 3. The maximum absolute atomic E-state index is 14.8. The molecule has 0 fully saturated rings. The SMILES string of the molecule is CC(=O)NCCCCOP(=O)(OCCCCNC(=O)C(F)(F)F)c1c(O)c(CCC(=O)CCOP(OCCC#N)N(C(C)C)C(C)C)cc2nc3ccc(=O)cc-3oc12. The normalized spacial score (nSPS) is 13.5. The molecule has 0 bridgehead atoms. The van der Waals surface area contributed by atoms with Gasteiger partial charge in [-0.05, 0) is 83.6 Å². The average molecular weight is 874 g/mol. The topological polar surface area (TPSA) is 220 Å². The lowest BCUT2D eigenvalue weighted by molar-refractivity contribution is -0.173. The van der Waals surface area contributed by atoms with Crippen LogP contribution in [0.3, 0.4) is 0 Å². The van der Waals surface area contributed by atoms with Gasteiger partial charge in [0.15, 0.2) is 22.1 Å². The molecule has 3 N–H and O–H groups in total. The lowest BCUT2D eigenvalue weighted by Crippen LogP contribution is -2.37. The maximum atomic E-state index is 14.8. The Balaban J connectivity index is 1.92. The first-order valence-corrected chi connectivity index (χ1v) is 21.9. The number of aromatic hydroxyl groups is 1. The Labute approximate surface area is 341 Å². The molecule has 0 radical (unpaired) electrons. The van der Waals surface area contributed by atoms with Gasteiger partial charge in [0.2, 0.25) is 5.91 Å². The number of hydrogen-bond donors (Lipinski definition) is 3. The Morgan fingerprint density at radius 2 is 1.59 bits per heavy atom. The molecule has 0 spiro atoms. The number of nitrogens with zero attached hydrogens (tertiary/aromatic N) is 3. The number of Topliss-reactive ketones (excluding diaryl/α,β-unsaturated/α-hetero) is 1. The first-order chi connectivity index (χ1) is 27.9. The molecule has 3 rings (SSSR count). The Hall–Kier alpha value is -4.01. The van der Waals surface area contributed by atoms with Crippen LogP contribution >= 0.6 is 16.1 Å². The van der Waals surface area contributed by atoms with E-state index in [2.05, 4.69) is 10.3 Å². The number of alkyl halides is 3. The van der Waals surface area contributed by atoms with Crippen molar-refractivity contribution in [1.82, 2.24) is 20.3 Å². The van der Waals surface area contributed by atoms with Gasteiger partial charge in [-0.2, -0.15) is 18.4 Å². The van der Waals surface area contributed by atoms with Crippen LogP contribution in [-0.2, 0) is 43.5 Å². The lowest BCUT2D eigenvalue weighted by atomic mass is 10.0. The fraction of sp³-hybridized carbons (Fsp3) is 0.579. The van der Waals surface area contributed by atoms with Crippen LogP contribution in [0.15, 0.2) is 33.5 Å². The molecule has 0 saturated carbocycles. The van der Waals surface area contributed by atoms with Crippen LogP contribution < -0.4 is 21.4 Å². The Kier molecular flexibility index (Phi) is 19.8. The molecule has 1 aliphatic carbocycles. The number of amides is 2. The smallest absolute Gasteiger partial charge is 0.471 e. The predicted molar refractivity (Wildman–Crippen MR) is 213 cm³/mol. The number of benzene rings is 2. The van der Waals surface area contributed by atoms with Gasteiger partial charge in [-0.15, -0.1) is 0 Å². The van der Waals surface area contributed by atoms with E-state index >= 15 is 0 Å². The van der Waals surface area contributed by atoms with Crippen LogP contribution in [0.25, 0.3) is 22.6 Å². The summed E-state index contributed by atoms with van der Waals surface area (Å²) in [7, 11) is -6.18. The van der Waals surface area contributed by atoms with Crippen molar-refractivity contribution in [3.05, 3.63) is 40.1 Å². The van der Waals surface area contributed by atoms with Gasteiger partial charge >= 0.3 is 19.7 Å². The summed E-state index contributed by atoms with van der Waals surface area (Å²) in [4.78, 5) is 52.5. The number of ketones is 1. The molecule has 1 aromatic rings. The number of nitrogens with one attached hydrogen (secondary N) is 2. The van der Waals surface area contributed by atoms with Gasteiger partial charge in [0, 0.05) is 51.0 Å². The molecule has 2 aliphatic rings. The molecule has 1 heterocycles. The molecule has 0 aromatic heterocycles. The number of carbonyl (C=O) groups excluding carboxylic acids is 3. The van der Waals surface area contributed by atoms with Crippen molar-refractivity contribution in [3.63, 3.8) is 0 Å². The zero-order chi connectivity index (χ0) is 43.8. The third kappa shape index (κ3) is 15.5. The fourth-order valence-corrected chi connectivity index (χ4v) is 9.20. The molecule has 16 nitrogen and oxygen atoms in total. The number of phenols is 1. The molecule has 21 heteroatoms. The van der Waals surface area contributed by atoms with Crippen molar-refractivity contribution in [2.45, 2.75) is 104 Å². The highest BCUT2D eigenvalue weighted by atomic mass is 31.2. The zero-order valence-electron chi connectivity index (χ0n) is 33.8. The monoisotopic (exact) mass is 873 g/mol. The molecule has 1 aliphatic heterocycles. The molecule has 2 atom stereocenters. The first-order valence-electron chi connectivity index (χ1n) is 19.2. The third-order valence-corrected chi connectivity index (χ3v) is 12.6. The summed E-state index contributed by atoms with van der Waals surface area (Å²) in [5, 5.41) is 24.7. The van der Waals surface area contributed by atoms with Gasteiger partial charge in [0.1, 0.15) is 22.7 Å². The molecule has 59 heavy (non-hydrogen) atoms. The number of aromatic nitrogens is 1. The minimum Gasteiger partial charge on any atom is -0.507 e. The standard InChI is InChI=1S/C38H52F3N5O11P2/c1-25(2)46(26(3)4)58(53-19-10-16-42)54-22-15-29(48)12-11-28-23-32-35(57-33-24-30(49)13-14-31(33)45-32)36(34(28)50)59(52,55-20-8-6-17-43-27(5)47)56-21-9-7-18-44-37(51)38(39,40)41/h13-14,23-26,50H,6-12,15,17-22H2,1-5H3,(H,43,47)(H,44,51). The summed E-state index contributed by atoms with van der Waals surface area (Å²) in [6.07, 6.45) is -4.32. The van der Waals surface area contributed by atoms with Crippen LogP contribution in [-0.4, -0.2) is 90.1 Å². The predicted octanol–water partition coefficient (Wildman–Crippen LogP) is 6.41. The third-order valence-electron chi connectivity index (χ3n) is 8.44. The zero-order valence-corrected chi connectivity index (χ0v) is 35.6. The van der Waals surface area contributed by atoms with E-state index in [9.17, 15) is 42.0 Å². The number of fused-ring (bicyclic) bond motifs is 2. The summed E-state index contributed by atoms with van der Waals surface area (Å²) in [6, 6.07) is 7.46. The number of rotatable bonds is 26. The van der Waals surface area contributed by atoms with Crippen LogP contribution in [0.4, 0.5) is 13.2 Å². The van der Waals surface area contributed by atoms with Gasteiger partial charge in [-0.3, -0.25) is 23.7 Å². The highest BCUT2D eigenvalue weighted by Gasteiger charge is 2.39. The molecule has 1 aromatic carbocycles. The van der Waals surface area contributed by atoms with E-state index < -0.39 is 44.7 Å². The van der Waals surface area contributed by atoms with E-state index in [0.29, 0.717) is 13.0 Å². The van der Waals surface area contributed by atoms with E-state index in [1.165, 1.54) is 25.1 Å². The second-order valence-electron chi connectivity index (χ2n) is 13.9. The van der Waals surface area contributed by atoms with Crippen molar-refractivity contribution in [3.8, 4) is 23.3 Å². The largest absolute Gasteiger partial charge is 0.507 e. The quantitative estimate of drug-likeness (QED) is 0.0451. The summed E-state index contributed by atoms with van der Waals surface area (Å²) < 4.78 is 84.4. The number of aryl methyl sites for hydroxylation is 1. The molecular formula is C38H52F3N5O11P2. The summed E-state index contributed by atoms with van der Waals surface area (Å²) in [6.45, 7) is 8.88. The lowest BCUT2D eigenvalue weighted by Gasteiger charge is -2.35. The van der Waals surface area contributed by atoms with Crippen molar-refractivity contribution >= 4 is 50.1 Å². The number of nitriles is 1. The Morgan fingerprint density at radius 1 is 0.966 bits per heavy atom. The van der Waals surface area contributed by atoms with Crippen molar-refractivity contribution < 1.29 is 59.7 Å². The van der Waals surface area contributed by atoms with Gasteiger partial charge < -0.3 is 38.3 Å². The van der Waals surface area contributed by atoms with Gasteiger partial charge in [0.05, 0.1) is 38.9 Å². The van der Waals surface area contributed by atoms with Gasteiger partial charge in [-0.1, -0.05) is 0 Å². The average Bonchev–Trinajstić information content (AvgIpc) is 3.15. The van der Waals surface area contributed by atoms with Crippen molar-refractivity contribution in [1.29, 1.82) is 5.26 Å². The molecule has 0 saturated heterocycles. The van der Waals surface area contributed by atoms with Crippen LogP contribution in [0.5, 0.6) is 5.75 Å². The Bertz CT molecular complexity index is 1980. The van der Waals surface area contributed by atoms with Crippen LogP contribution in [0, 0.1) is 11.3 Å². The molecule has 2 unspecified atom stereocenters. The van der Waals surface area contributed by atoms with Crippen molar-refractivity contribution in [2.75, 3.05) is 39.5 Å². The van der Waals surface area contributed by atoms with Crippen molar-refractivity contribution in [2.24, 2.45) is 0 Å². The van der Waals surface area contributed by atoms with Crippen LogP contribution in [0.2, 0.25) is 0 Å². The summed E-state index contributed by atoms with van der Waals surface area (Å²) >= 11 is 0. The fourth-order valence-electron chi connectivity index (χ4n) is 5.72. The minimum atomic E-state index is -5.06. The van der Waals surface area contributed by atoms with Gasteiger partial charge in [-0.25, -0.2) is 9.65 Å². The first kappa shape index (κ1) is 49.4. The minimum absolute atomic E-state index is 0.000838. The summed E-state index contributed by atoms with van der Waals surface area (Å²) in [5.41, 5.74) is -0.154. The number of halogens is 3. The van der Waals surface area contributed by atoms with E-state index in [1.807, 2.05) is 38.4 Å². The second-order valence-corrected chi connectivity index (χ2v) is 17.3. The maximum Gasteiger partial charge on any atom is 0.471 e. The van der Waals surface area contributed by atoms with E-state index in [-0.39, 0.29) is 130 Å². The number of hydrogen-bond acceptors (Lipinski definition) is 14. The highest BCUT2D eigenvalue weighted by Crippen LogP contribution is 2.52. The number of unbranched alkanes of at least 4 members (excludes halogenated alkanes) is 2. The molecule has 326 valence electrons. The summed E-state index contributed by atoms with van der Waals surface area (Å²) in [5.74, 6) is -3.17. The van der Waals surface area contributed by atoms with E-state index in [0.717, 1.165) is 6.07 Å². The van der Waals surface area contributed by atoms with Crippen LogP contribution in [0.1, 0.15) is 85.1 Å². The molecular weight excluding hydrogens is 821 g/mol.